The molecule has 4 amide bonds. The van der Waals surface area contributed by atoms with Gasteiger partial charge in [-0.1, -0.05) is 35.9 Å². The maximum atomic E-state index is 13.0. The van der Waals surface area contributed by atoms with Crippen molar-refractivity contribution in [1.82, 2.24) is 9.88 Å². The number of aromatic nitrogens is 1. The lowest BCUT2D eigenvalue weighted by Crippen LogP contribution is -2.54. The molecule has 1 aromatic heterocycles. The lowest BCUT2D eigenvalue weighted by atomic mass is 10.1. The Morgan fingerprint density at radius 3 is 2.43 bits per heavy atom. The highest BCUT2D eigenvalue weighted by Gasteiger charge is 2.36. The molecule has 0 unspecified atom stereocenters. The molecule has 0 atom stereocenters. The van der Waals surface area contributed by atoms with Crippen LogP contribution < -0.4 is 10.2 Å². The Hall–Kier alpha value is -3.67. The van der Waals surface area contributed by atoms with Crippen LogP contribution in [0.5, 0.6) is 0 Å². The Balaban J connectivity index is 1.80. The molecule has 6 heteroatoms. The van der Waals surface area contributed by atoms with E-state index >= 15 is 0 Å². The smallest absolute Gasteiger partial charge is 0.335 e. The third-order valence-electron chi connectivity index (χ3n) is 4.85. The molecule has 1 fully saturated rings. The number of carbonyl (C=O) groups is 3. The first-order valence-electron chi connectivity index (χ1n) is 9.05. The summed E-state index contributed by atoms with van der Waals surface area (Å²) in [5.74, 6) is -1.32. The number of nitrogens with zero attached hydrogens (tertiary/aromatic N) is 2. The molecule has 3 aromatic rings. The molecule has 1 aliphatic heterocycles. The van der Waals surface area contributed by atoms with E-state index in [1.54, 1.807) is 18.2 Å². The zero-order valence-electron chi connectivity index (χ0n) is 15.6. The van der Waals surface area contributed by atoms with Crippen molar-refractivity contribution in [3.63, 3.8) is 0 Å². The van der Waals surface area contributed by atoms with Gasteiger partial charge in [0, 0.05) is 29.2 Å². The predicted molar refractivity (Wildman–Crippen MR) is 108 cm³/mol. The number of para-hydroxylation sites is 1. The molecule has 0 spiro atoms. The summed E-state index contributed by atoms with van der Waals surface area (Å²) >= 11 is 0. The first kappa shape index (κ1) is 17.7. The summed E-state index contributed by atoms with van der Waals surface area (Å²) in [6.07, 6.45) is 3.46. The van der Waals surface area contributed by atoms with E-state index in [-0.39, 0.29) is 5.57 Å². The van der Waals surface area contributed by atoms with Gasteiger partial charge in [0.15, 0.2) is 0 Å². The number of benzene rings is 2. The van der Waals surface area contributed by atoms with E-state index in [0.29, 0.717) is 5.69 Å². The van der Waals surface area contributed by atoms with Gasteiger partial charge in [-0.05, 0) is 38.1 Å². The van der Waals surface area contributed by atoms with E-state index in [0.717, 1.165) is 33.5 Å². The third kappa shape index (κ3) is 2.89. The average Bonchev–Trinajstić information content (AvgIpc) is 3.04. The Labute approximate surface area is 162 Å². The van der Waals surface area contributed by atoms with Crippen LogP contribution in [0.25, 0.3) is 17.0 Å². The largest absolute Gasteiger partial charge is 0.347 e. The van der Waals surface area contributed by atoms with Gasteiger partial charge in [-0.2, -0.15) is 0 Å². The monoisotopic (exact) mass is 373 g/mol. The summed E-state index contributed by atoms with van der Waals surface area (Å²) in [4.78, 5) is 38.7. The Morgan fingerprint density at radius 1 is 1.00 bits per heavy atom. The van der Waals surface area contributed by atoms with Gasteiger partial charge in [-0.15, -0.1) is 0 Å². The summed E-state index contributed by atoms with van der Waals surface area (Å²) < 4.78 is 2.05. The van der Waals surface area contributed by atoms with Crippen LogP contribution in [0.15, 0.2) is 60.3 Å². The number of barbiturate groups is 1. The number of carbonyl (C=O) groups excluding carboxylic acids is 3. The number of urea groups is 1. The highest BCUT2D eigenvalue weighted by Crippen LogP contribution is 2.26. The van der Waals surface area contributed by atoms with Gasteiger partial charge in [0.05, 0.1) is 5.69 Å². The van der Waals surface area contributed by atoms with E-state index in [2.05, 4.69) is 9.88 Å². The van der Waals surface area contributed by atoms with Crippen molar-refractivity contribution in [2.45, 2.75) is 20.4 Å². The van der Waals surface area contributed by atoms with Crippen LogP contribution in [-0.4, -0.2) is 22.4 Å². The van der Waals surface area contributed by atoms with Crippen LogP contribution in [0, 0.1) is 6.92 Å². The van der Waals surface area contributed by atoms with Crippen molar-refractivity contribution in [3.05, 3.63) is 71.4 Å². The van der Waals surface area contributed by atoms with E-state index in [9.17, 15) is 14.4 Å². The van der Waals surface area contributed by atoms with Crippen LogP contribution in [0.3, 0.4) is 0 Å². The maximum Gasteiger partial charge on any atom is 0.335 e. The summed E-state index contributed by atoms with van der Waals surface area (Å²) in [6.45, 7) is 4.71. The molecule has 0 saturated carbocycles. The average molecular weight is 373 g/mol. The highest BCUT2D eigenvalue weighted by molar-refractivity contribution is 6.39. The summed E-state index contributed by atoms with van der Waals surface area (Å²) in [5.41, 5.74) is 3.13. The second kappa shape index (κ2) is 6.81. The van der Waals surface area contributed by atoms with Gasteiger partial charge < -0.3 is 4.57 Å². The molecule has 140 valence electrons. The van der Waals surface area contributed by atoms with Crippen molar-refractivity contribution in [1.29, 1.82) is 0 Å². The number of nitrogens with one attached hydrogen (secondary N) is 1. The molecule has 2 aromatic carbocycles. The molecular weight excluding hydrogens is 354 g/mol. The molecule has 2 heterocycles. The van der Waals surface area contributed by atoms with Crippen LogP contribution in [-0.2, 0) is 16.1 Å². The zero-order valence-corrected chi connectivity index (χ0v) is 15.6. The van der Waals surface area contributed by atoms with Crippen molar-refractivity contribution < 1.29 is 14.4 Å². The van der Waals surface area contributed by atoms with Gasteiger partial charge >= 0.3 is 6.03 Å². The van der Waals surface area contributed by atoms with E-state index < -0.39 is 17.8 Å². The minimum atomic E-state index is -0.744. The van der Waals surface area contributed by atoms with Gasteiger partial charge in [0.25, 0.3) is 11.8 Å². The lowest BCUT2D eigenvalue weighted by Gasteiger charge is -2.26. The van der Waals surface area contributed by atoms with Crippen molar-refractivity contribution in [2.75, 3.05) is 4.90 Å². The van der Waals surface area contributed by atoms with E-state index in [1.807, 2.05) is 56.4 Å². The van der Waals surface area contributed by atoms with Crippen molar-refractivity contribution >= 4 is 40.5 Å². The van der Waals surface area contributed by atoms with E-state index in [4.69, 9.17) is 0 Å². The molecule has 1 N–H and O–H groups in total. The van der Waals surface area contributed by atoms with Crippen LogP contribution >= 0.6 is 0 Å². The van der Waals surface area contributed by atoms with Gasteiger partial charge in [-0.25, -0.2) is 9.69 Å². The SMILES string of the molecule is CCn1cc(/C=C2/C(=O)NC(=O)N(c3ccc(C)cc3)C2=O)c2ccccc21. The molecule has 4 rings (SSSR count). The number of rotatable bonds is 3. The highest BCUT2D eigenvalue weighted by atomic mass is 16.2. The molecule has 1 aliphatic rings. The summed E-state index contributed by atoms with van der Waals surface area (Å²) in [6, 6.07) is 14.0. The van der Waals surface area contributed by atoms with Gasteiger partial charge in [0.1, 0.15) is 5.57 Å². The molecule has 1 saturated heterocycles. The maximum absolute atomic E-state index is 13.0. The first-order chi connectivity index (χ1) is 13.5. The molecule has 0 aliphatic carbocycles. The van der Waals surface area contributed by atoms with Crippen molar-refractivity contribution in [3.8, 4) is 0 Å². The number of aryl methyl sites for hydroxylation is 2. The molecule has 0 radical (unpaired) electrons. The fourth-order valence-corrected chi connectivity index (χ4v) is 3.39. The third-order valence-corrected chi connectivity index (χ3v) is 4.85. The minimum absolute atomic E-state index is 0.0702. The van der Waals surface area contributed by atoms with Crippen LogP contribution in [0.1, 0.15) is 18.1 Å². The second-order valence-electron chi connectivity index (χ2n) is 6.68. The number of imide groups is 2. The molecule has 0 bridgehead atoms. The van der Waals surface area contributed by atoms with Crippen molar-refractivity contribution in [2.24, 2.45) is 0 Å². The lowest BCUT2D eigenvalue weighted by molar-refractivity contribution is -0.122. The Bertz CT molecular complexity index is 1140. The van der Waals surface area contributed by atoms with Gasteiger partial charge in [0.2, 0.25) is 0 Å². The number of fused-ring (bicyclic) bond motifs is 1. The first-order valence-corrected chi connectivity index (χ1v) is 9.05. The Morgan fingerprint density at radius 2 is 1.71 bits per heavy atom. The summed E-state index contributed by atoms with van der Waals surface area (Å²) in [7, 11) is 0. The topological polar surface area (TPSA) is 71.4 Å². The predicted octanol–water partition coefficient (Wildman–Crippen LogP) is 3.64. The molecular formula is C22H19N3O3. The fourth-order valence-electron chi connectivity index (χ4n) is 3.39. The van der Waals surface area contributed by atoms with E-state index in [1.165, 1.54) is 0 Å². The van der Waals surface area contributed by atoms with Crippen LogP contribution in [0.2, 0.25) is 0 Å². The molecule has 6 nitrogen and oxygen atoms in total. The van der Waals surface area contributed by atoms with Gasteiger partial charge in [-0.3, -0.25) is 14.9 Å². The molecule has 28 heavy (non-hydrogen) atoms. The minimum Gasteiger partial charge on any atom is -0.347 e. The number of amides is 4. The Kier molecular flexibility index (Phi) is 4.31. The number of hydrogen-bond donors (Lipinski definition) is 1. The zero-order chi connectivity index (χ0) is 19.8. The number of hydrogen-bond acceptors (Lipinski definition) is 3. The second-order valence-corrected chi connectivity index (χ2v) is 6.68. The summed E-state index contributed by atoms with van der Waals surface area (Å²) in [5, 5.41) is 3.21. The number of anilines is 1. The standard InChI is InChI=1S/C22H19N3O3/c1-3-24-13-15(17-6-4-5-7-19(17)24)12-18-20(26)23-22(28)25(21(18)27)16-10-8-14(2)9-11-16/h4-13H,3H2,1-2H3,(H,23,26,28)/b18-12-. The normalized spacial score (nSPS) is 16.1. The van der Waals surface area contributed by atoms with Crippen LogP contribution in [0.4, 0.5) is 10.5 Å². The quantitative estimate of drug-likeness (QED) is 0.563. The fraction of sp³-hybridized carbons (Fsp3) is 0.136.